The maximum atomic E-state index is 13.5. The van der Waals surface area contributed by atoms with Gasteiger partial charge in [-0.15, -0.1) is 0 Å². The fraction of sp³-hybridized carbons (Fsp3) is 0.324. The predicted octanol–water partition coefficient (Wildman–Crippen LogP) is 3.30. The number of rotatable bonds is 12. The molecule has 1 N–H and O–H groups in total. The van der Waals surface area contributed by atoms with E-state index in [1.165, 1.54) is 19.1 Å². The first-order chi connectivity index (χ1) is 22.1. The Morgan fingerprint density at radius 3 is 1.87 bits per heavy atom. The summed E-state index contributed by atoms with van der Waals surface area (Å²) in [6.45, 7) is 3.34. The van der Waals surface area contributed by atoms with Crippen molar-refractivity contribution in [3.05, 3.63) is 102 Å². The van der Waals surface area contributed by atoms with E-state index in [-0.39, 0.29) is 12.0 Å². The van der Waals surface area contributed by atoms with Crippen molar-refractivity contribution in [1.29, 1.82) is 0 Å². The fourth-order valence-electron chi connectivity index (χ4n) is 4.77. The number of benzene rings is 3. The molecule has 0 aliphatic carbocycles. The fourth-order valence-corrected chi connectivity index (χ4v) is 4.77. The average molecular weight is 634 g/mol. The minimum atomic E-state index is -1.54. The Balaban J connectivity index is 1.59. The number of carbonyl (C=O) groups is 5. The Hall–Kier alpha value is -5.23. The number of nitrogens with one attached hydrogen (secondary N) is 1. The predicted molar refractivity (Wildman–Crippen MR) is 161 cm³/mol. The van der Waals surface area contributed by atoms with Gasteiger partial charge in [0, 0.05) is 26.3 Å². The summed E-state index contributed by atoms with van der Waals surface area (Å²) in [5, 5.41) is 2.72. The number of ether oxygens (including phenoxy) is 6. The summed E-state index contributed by atoms with van der Waals surface area (Å²) >= 11 is 0. The van der Waals surface area contributed by atoms with Crippen LogP contribution in [0.1, 0.15) is 42.3 Å². The number of hydrogen-bond donors (Lipinski definition) is 1. The molecule has 46 heavy (non-hydrogen) atoms. The van der Waals surface area contributed by atoms with Gasteiger partial charge >= 0.3 is 23.9 Å². The SMILES string of the molecule is CC(=O)OC[C@H]1O[C@@H](OC(=O)Cc2ccccc2)[C@@H](NC(=O)c2ccc(OCc3ccccc3)cc2)[C@@H](OC(C)=O)[C@@H]1OC(C)=O. The van der Waals surface area contributed by atoms with Gasteiger partial charge in [0.2, 0.25) is 6.29 Å². The lowest BCUT2D eigenvalue weighted by Gasteiger charge is -2.44. The van der Waals surface area contributed by atoms with Crippen LogP contribution in [0.3, 0.4) is 0 Å². The molecule has 1 aliphatic rings. The van der Waals surface area contributed by atoms with Crippen LogP contribution in [-0.2, 0) is 55.9 Å². The van der Waals surface area contributed by atoms with Gasteiger partial charge < -0.3 is 33.7 Å². The monoisotopic (exact) mass is 633 g/mol. The molecule has 242 valence electrons. The Morgan fingerprint density at radius 1 is 0.696 bits per heavy atom. The first-order valence-corrected chi connectivity index (χ1v) is 14.5. The smallest absolute Gasteiger partial charge is 0.312 e. The average Bonchev–Trinajstić information content (AvgIpc) is 3.02. The van der Waals surface area contributed by atoms with Crippen LogP contribution in [0, 0.1) is 0 Å². The van der Waals surface area contributed by atoms with E-state index in [1.54, 1.807) is 42.5 Å². The van der Waals surface area contributed by atoms with Gasteiger partial charge in [0.1, 0.15) is 31.1 Å². The molecule has 12 heteroatoms. The van der Waals surface area contributed by atoms with Gasteiger partial charge in [-0.3, -0.25) is 24.0 Å². The molecule has 0 spiro atoms. The summed E-state index contributed by atoms with van der Waals surface area (Å²) in [5.41, 5.74) is 1.83. The van der Waals surface area contributed by atoms with E-state index in [0.717, 1.165) is 19.4 Å². The highest BCUT2D eigenvalue weighted by atomic mass is 16.7. The first kappa shape index (κ1) is 33.7. The van der Waals surface area contributed by atoms with Crippen LogP contribution in [0.25, 0.3) is 0 Å². The van der Waals surface area contributed by atoms with Gasteiger partial charge in [-0.25, -0.2) is 0 Å². The second kappa shape index (κ2) is 16.2. The molecule has 0 aromatic heterocycles. The minimum absolute atomic E-state index is 0.133. The first-order valence-electron chi connectivity index (χ1n) is 14.5. The van der Waals surface area contributed by atoms with Crippen molar-refractivity contribution in [2.45, 2.75) is 64.4 Å². The summed E-state index contributed by atoms with van der Waals surface area (Å²) in [6, 6.07) is 23.3. The second-order valence-corrected chi connectivity index (χ2v) is 10.4. The van der Waals surface area contributed by atoms with Crippen LogP contribution < -0.4 is 10.1 Å². The molecule has 0 unspecified atom stereocenters. The van der Waals surface area contributed by atoms with Crippen molar-refractivity contribution in [2.75, 3.05) is 6.61 Å². The molecule has 1 heterocycles. The maximum Gasteiger partial charge on any atom is 0.312 e. The van der Waals surface area contributed by atoms with Crippen LogP contribution in [0.2, 0.25) is 0 Å². The summed E-state index contributed by atoms with van der Waals surface area (Å²) in [4.78, 5) is 62.5. The zero-order valence-corrected chi connectivity index (χ0v) is 25.6. The summed E-state index contributed by atoms with van der Waals surface area (Å²) in [7, 11) is 0. The van der Waals surface area contributed by atoms with Gasteiger partial charge in [0.25, 0.3) is 5.91 Å². The normalized spacial score (nSPS) is 20.5. The van der Waals surface area contributed by atoms with Gasteiger partial charge in [-0.1, -0.05) is 60.7 Å². The van der Waals surface area contributed by atoms with Crippen molar-refractivity contribution in [3.8, 4) is 5.75 Å². The molecule has 12 nitrogen and oxygen atoms in total. The van der Waals surface area contributed by atoms with E-state index < -0.39 is 67.0 Å². The zero-order chi connectivity index (χ0) is 33.1. The molecule has 0 saturated carbocycles. The van der Waals surface area contributed by atoms with Crippen molar-refractivity contribution in [2.24, 2.45) is 0 Å². The van der Waals surface area contributed by atoms with Gasteiger partial charge in [0.15, 0.2) is 12.2 Å². The summed E-state index contributed by atoms with van der Waals surface area (Å²) in [6.07, 6.45) is -5.63. The number of esters is 4. The molecule has 1 amide bonds. The third-order valence-electron chi connectivity index (χ3n) is 6.80. The lowest BCUT2D eigenvalue weighted by atomic mass is 9.95. The van der Waals surface area contributed by atoms with Crippen LogP contribution in [0.5, 0.6) is 5.75 Å². The Kier molecular flexibility index (Phi) is 11.8. The maximum absolute atomic E-state index is 13.5. The van der Waals surface area contributed by atoms with Crippen molar-refractivity contribution in [3.63, 3.8) is 0 Å². The lowest BCUT2D eigenvalue weighted by Crippen LogP contribution is -2.67. The Bertz CT molecular complexity index is 1490. The van der Waals surface area contributed by atoms with E-state index in [0.29, 0.717) is 17.9 Å². The quantitative estimate of drug-likeness (QED) is 0.231. The Labute approximate surface area is 265 Å². The number of carbonyl (C=O) groups excluding carboxylic acids is 5. The molecular weight excluding hydrogens is 598 g/mol. The zero-order valence-electron chi connectivity index (χ0n) is 25.6. The van der Waals surface area contributed by atoms with Crippen LogP contribution in [0.4, 0.5) is 0 Å². The Morgan fingerprint density at radius 2 is 1.28 bits per heavy atom. The molecule has 0 bridgehead atoms. The second-order valence-electron chi connectivity index (χ2n) is 10.4. The molecule has 3 aromatic carbocycles. The molecule has 4 rings (SSSR count). The highest BCUT2D eigenvalue weighted by molar-refractivity contribution is 5.94. The molecule has 3 aromatic rings. The van der Waals surface area contributed by atoms with E-state index in [1.807, 2.05) is 30.3 Å². The molecule has 0 radical (unpaired) electrons. The number of amides is 1. The third kappa shape index (κ3) is 9.89. The minimum Gasteiger partial charge on any atom is -0.489 e. The van der Waals surface area contributed by atoms with Crippen LogP contribution >= 0.6 is 0 Å². The van der Waals surface area contributed by atoms with E-state index in [9.17, 15) is 24.0 Å². The van der Waals surface area contributed by atoms with Crippen molar-refractivity contribution >= 4 is 29.8 Å². The molecule has 1 aliphatic heterocycles. The van der Waals surface area contributed by atoms with E-state index >= 15 is 0 Å². The summed E-state index contributed by atoms with van der Waals surface area (Å²) < 4.78 is 33.6. The van der Waals surface area contributed by atoms with Crippen LogP contribution in [0.15, 0.2) is 84.9 Å². The van der Waals surface area contributed by atoms with E-state index in [2.05, 4.69) is 5.32 Å². The third-order valence-corrected chi connectivity index (χ3v) is 6.80. The number of hydrogen-bond acceptors (Lipinski definition) is 11. The lowest BCUT2D eigenvalue weighted by molar-refractivity contribution is -0.270. The summed E-state index contributed by atoms with van der Waals surface area (Å²) in [5.74, 6) is -3.01. The van der Waals surface area contributed by atoms with E-state index in [4.69, 9.17) is 28.4 Å². The molecular formula is C34H35NO11. The largest absolute Gasteiger partial charge is 0.489 e. The highest BCUT2D eigenvalue weighted by Gasteiger charge is 2.52. The van der Waals surface area contributed by atoms with Gasteiger partial charge in [0.05, 0.1) is 6.42 Å². The standard InChI is InChI=1S/C34H35NO11/c1-21(36)41-20-28-31(43-22(2)37)32(44-23(3)38)30(34(45-28)46-29(39)18-24-10-6-4-7-11-24)35-33(40)26-14-16-27(17-15-26)42-19-25-12-8-5-9-13-25/h4-17,28,30-32,34H,18-20H2,1-3H3,(H,35,40)/t28-,30+,31-,32-,34+/m1/s1. The van der Waals surface area contributed by atoms with Crippen LogP contribution in [-0.4, -0.2) is 67.0 Å². The van der Waals surface area contributed by atoms with Gasteiger partial charge in [-0.2, -0.15) is 0 Å². The van der Waals surface area contributed by atoms with Gasteiger partial charge in [-0.05, 0) is 35.4 Å². The molecule has 1 saturated heterocycles. The highest BCUT2D eigenvalue weighted by Crippen LogP contribution is 2.29. The van der Waals surface area contributed by atoms with Crippen molar-refractivity contribution in [1.82, 2.24) is 5.32 Å². The topological polar surface area (TPSA) is 153 Å². The molecule has 5 atom stereocenters. The molecule has 1 fully saturated rings. The van der Waals surface area contributed by atoms with Crippen molar-refractivity contribution < 1.29 is 52.4 Å².